The second kappa shape index (κ2) is 10.0. The lowest BCUT2D eigenvalue weighted by Crippen LogP contribution is -2.25. The number of halogens is 1. The van der Waals surface area contributed by atoms with E-state index in [1.807, 2.05) is 13.0 Å². The van der Waals surface area contributed by atoms with Crippen LogP contribution in [0, 0.1) is 19.3 Å². The van der Waals surface area contributed by atoms with E-state index in [1.54, 1.807) is 50.5 Å². The highest BCUT2D eigenvalue weighted by atomic mass is 19.1. The predicted molar refractivity (Wildman–Crippen MR) is 138 cm³/mol. The maximum atomic E-state index is 15.1. The maximum Gasteiger partial charge on any atom is 0.253 e. The van der Waals surface area contributed by atoms with Crippen molar-refractivity contribution in [1.29, 1.82) is 0 Å². The van der Waals surface area contributed by atoms with Crippen molar-refractivity contribution >= 4 is 22.7 Å². The second-order valence-electron chi connectivity index (χ2n) is 9.26. The number of aromatic nitrogens is 1. The minimum atomic E-state index is -0.550. The van der Waals surface area contributed by atoms with Crippen molar-refractivity contribution in [2.45, 2.75) is 25.9 Å². The Morgan fingerprint density at radius 2 is 1.95 bits per heavy atom. The smallest absolute Gasteiger partial charge is 0.253 e. The van der Waals surface area contributed by atoms with Crippen LogP contribution in [0.3, 0.4) is 0 Å². The number of nitrogens with zero attached hydrogens (tertiary/aromatic N) is 3. The fourth-order valence-electron chi connectivity index (χ4n) is 4.52. The molecule has 0 aliphatic carbocycles. The molecule has 0 unspecified atom stereocenters. The summed E-state index contributed by atoms with van der Waals surface area (Å²) in [6.07, 6.45) is 2.67. The average molecular weight is 500 g/mol. The van der Waals surface area contributed by atoms with Crippen LogP contribution in [0.25, 0.3) is 38.4 Å². The molecule has 0 bridgehead atoms. The Hall–Kier alpha value is -4.22. The molecule has 0 spiro atoms. The van der Waals surface area contributed by atoms with Gasteiger partial charge in [0.1, 0.15) is 23.1 Å². The molecule has 37 heavy (non-hydrogen) atoms. The first-order valence-electron chi connectivity index (χ1n) is 12.0. The van der Waals surface area contributed by atoms with Gasteiger partial charge >= 0.3 is 0 Å². The summed E-state index contributed by atoms with van der Waals surface area (Å²) in [5, 5.41) is 0. The Bertz CT molecular complexity index is 1530. The van der Waals surface area contributed by atoms with Gasteiger partial charge in [-0.3, -0.25) is 4.79 Å². The summed E-state index contributed by atoms with van der Waals surface area (Å²) < 4.78 is 32.7. The van der Waals surface area contributed by atoms with Crippen LogP contribution in [0.2, 0.25) is 0 Å². The van der Waals surface area contributed by atoms with Crippen LogP contribution in [0.5, 0.6) is 5.75 Å². The third kappa shape index (κ3) is 4.78. The van der Waals surface area contributed by atoms with E-state index in [9.17, 15) is 4.79 Å². The van der Waals surface area contributed by atoms with Gasteiger partial charge in [0.25, 0.3) is 5.91 Å². The molecule has 2 aromatic heterocycles. The number of hydrogen-bond donors (Lipinski definition) is 0. The average Bonchev–Trinajstić information content (AvgIpc) is 3.33. The Labute approximate surface area is 214 Å². The number of hydrogen-bond acceptors (Lipinski definition) is 5. The molecule has 188 valence electrons. The summed E-state index contributed by atoms with van der Waals surface area (Å²) in [6.45, 7) is 10.8. The molecule has 2 aromatic carbocycles. The van der Waals surface area contributed by atoms with Gasteiger partial charge in [-0.2, -0.15) is 0 Å². The molecule has 3 heterocycles. The lowest BCUT2D eigenvalue weighted by molar-refractivity contribution is 0.0259. The quantitative estimate of drug-likeness (QED) is 0.297. The van der Waals surface area contributed by atoms with E-state index in [-0.39, 0.29) is 23.2 Å². The van der Waals surface area contributed by atoms with E-state index in [1.165, 1.54) is 4.90 Å². The lowest BCUT2D eigenvalue weighted by Gasteiger charge is -2.24. The number of carbonyl (C=O) groups is 1. The number of rotatable bonds is 5. The first-order valence-corrected chi connectivity index (χ1v) is 12.0. The van der Waals surface area contributed by atoms with Gasteiger partial charge in [0.2, 0.25) is 5.69 Å². The molecular formula is C29H26FN3O4. The van der Waals surface area contributed by atoms with E-state index in [0.717, 1.165) is 30.2 Å². The van der Waals surface area contributed by atoms with Gasteiger partial charge in [-0.25, -0.2) is 14.2 Å². The highest BCUT2D eigenvalue weighted by molar-refractivity contribution is 5.96. The first-order chi connectivity index (χ1) is 17.9. The molecule has 0 radical (unpaired) electrons. The van der Waals surface area contributed by atoms with Crippen molar-refractivity contribution in [1.82, 2.24) is 9.88 Å². The zero-order valence-electron chi connectivity index (χ0n) is 20.9. The van der Waals surface area contributed by atoms with E-state index >= 15 is 4.39 Å². The number of benzene rings is 2. The number of aryl methyl sites for hydroxylation is 1. The van der Waals surface area contributed by atoms with Gasteiger partial charge in [-0.1, -0.05) is 12.1 Å². The van der Waals surface area contributed by atoms with Crippen molar-refractivity contribution in [3.63, 3.8) is 0 Å². The van der Waals surface area contributed by atoms with Crippen molar-refractivity contribution in [3.05, 3.63) is 77.0 Å². The third-order valence-corrected chi connectivity index (χ3v) is 6.47. The van der Waals surface area contributed by atoms with Gasteiger partial charge < -0.3 is 18.8 Å². The Kier molecular flexibility index (Phi) is 6.64. The number of carbonyl (C=O) groups excluding carboxylic acids is 1. The van der Waals surface area contributed by atoms with Gasteiger partial charge in [-0.05, 0) is 42.3 Å². The van der Waals surface area contributed by atoms with E-state index in [4.69, 9.17) is 20.5 Å². The second-order valence-corrected chi connectivity index (χ2v) is 9.26. The molecule has 0 atom stereocenters. The van der Waals surface area contributed by atoms with Crippen molar-refractivity contribution in [2.24, 2.45) is 0 Å². The third-order valence-electron chi connectivity index (χ3n) is 6.47. The molecule has 1 aliphatic rings. The lowest BCUT2D eigenvalue weighted by atomic mass is 10.0. The molecule has 0 N–H and O–H groups in total. The minimum Gasteiger partial charge on any atom is -0.501 e. The summed E-state index contributed by atoms with van der Waals surface area (Å²) in [4.78, 5) is 21.7. The molecular weight excluding hydrogens is 473 g/mol. The zero-order valence-corrected chi connectivity index (χ0v) is 20.9. The maximum absolute atomic E-state index is 15.1. The number of fused-ring (bicyclic) bond motifs is 1. The standard InChI is InChI=1S/C29H26FN3O4/c1-17-13-19(29(34)33(3)4)5-7-21(17)26-15-24-28(37-26)27(22(30)16-32-24)18-6-8-25(23(14-18)31-2)36-20-9-11-35-12-10-20/h5-8,13-16,20H,9-12H2,1,3-4H3. The van der Waals surface area contributed by atoms with E-state index in [0.29, 0.717) is 47.1 Å². The van der Waals surface area contributed by atoms with Crippen LogP contribution < -0.4 is 4.74 Å². The molecule has 4 aromatic rings. The summed E-state index contributed by atoms with van der Waals surface area (Å²) in [5.74, 6) is 0.344. The van der Waals surface area contributed by atoms with E-state index in [2.05, 4.69) is 9.83 Å². The number of ether oxygens (including phenoxy) is 2. The Morgan fingerprint density at radius 3 is 2.65 bits per heavy atom. The molecule has 5 rings (SSSR count). The Balaban J connectivity index is 1.53. The molecule has 1 amide bonds. The van der Waals surface area contributed by atoms with Gasteiger partial charge in [0.15, 0.2) is 11.4 Å². The van der Waals surface area contributed by atoms with Crippen LogP contribution in [0.15, 0.2) is 53.1 Å². The van der Waals surface area contributed by atoms with Crippen molar-refractivity contribution in [2.75, 3.05) is 27.3 Å². The van der Waals surface area contributed by atoms with Crippen LogP contribution in [0.4, 0.5) is 10.1 Å². The fraction of sp³-hybridized carbons (Fsp3) is 0.276. The van der Waals surface area contributed by atoms with E-state index < -0.39 is 5.82 Å². The SMILES string of the molecule is [C-]#[N+]c1cc(-c2c(F)cnc3cc(-c4ccc(C(=O)N(C)C)cc4C)oc23)ccc1OC1CCOCC1. The Morgan fingerprint density at radius 1 is 1.16 bits per heavy atom. The monoisotopic (exact) mass is 499 g/mol. The summed E-state index contributed by atoms with van der Waals surface area (Å²) in [5.41, 5.74) is 4.01. The highest BCUT2D eigenvalue weighted by Gasteiger charge is 2.21. The van der Waals surface area contributed by atoms with Crippen LogP contribution in [-0.4, -0.2) is 49.2 Å². The number of pyridine rings is 1. The minimum absolute atomic E-state index is 0.0141. The fourth-order valence-corrected chi connectivity index (χ4v) is 4.52. The van der Waals surface area contributed by atoms with Crippen LogP contribution in [0.1, 0.15) is 28.8 Å². The largest absolute Gasteiger partial charge is 0.501 e. The topological polar surface area (TPSA) is 69.2 Å². The summed E-state index contributed by atoms with van der Waals surface area (Å²) in [7, 11) is 3.41. The summed E-state index contributed by atoms with van der Waals surface area (Å²) >= 11 is 0. The summed E-state index contributed by atoms with van der Waals surface area (Å²) in [6, 6.07) is 12.2. The normalized spacial score (nSPS) is 13.9. The molecule has 7 nitrogen and oxygen atoms in total. The molecule has 0 saturated carbocycles. The first kappa shape index (κ1) is 24.5. The molecule has 1 saturated heterocycles. The van der Waals surface area contributed by atoms with Crippen LogP contribution >= 0.6 is 0 Å². The van der Waals surface area contributed by atoms with Crippen LogP contribution in [-0.2, 0) is 4.74 Å². The molecule has 1 aliphatic heterocycles. The van der Waals surface area contributed by atoms with Crippen molar-refractivity contribution in [3.8, 4) is 28.2 Å². The predicted octanol–water partition coefficient (Wildman–Crippen LogP) is 6.42. The molecule has 1 fully saturated rings. The van der Waals surface area contributed by atoms with Crippen molar-refractivity contribution < 1.29 is 23.1 Å². The highest BCUT2D eigenvalue weighted by Crippen LogP contribution is 2.40. The number of furan rings is 1. The molecule has 8 heteroatoms. The number of amides is 1. The zero-order chi connectivity index (χ0) is 26.1. The van der Waals surface area contributed by atoms with Gasteiger partial charge in [0, 0.05) is 44.1 Å². The van der Waals surface area contributed by atoms with Gasteiger partial charge in [-0.15, -0.1) is 0 Å². The van der Waals surface area contributed by atoms with Gasteiger partial charge in [0.05, 0.1) is 31.5 Å².